The molecule has 0 unspecified atom stereocenters. The first-order valence-electron chi connectivity index (χ1n) is 16.8. The van der Waals surface area contributed by atoms with Crippen molar-refractivity contribution in [3.05, 3.63) is 131 Å². The van der Waals surface area contributed by atoms with Crippen molar-refractivity contribution < 1.29 is 23.9 Å². The zero-order valence-corrected chi connectivity index (χ0v) is 29.4. The molecule has 0 aliphatic carbocycles. The zero-order valence-electron chi connectivity index (χ0n) is 29.4. The molecule has 12 heteroatoms. The molecule has 0 saturated heterocycles. The molecule has 52 heavy (non-hydrogen) atoms. The van der Waals surface area contributed by atoms with E-state index < -0.39 is 5.97 Å². The minimum atomic E-state index is -0.660. The molecule has 4 aromatic carbocycles. The van der Waals surface area contributed by atoms with Crippen molar-refractivity contribution in [2.75, 3.05) is 24.3 Å². The Labute approximate surface area is 301 Å². The van der Waals surface area contributed by atoms with Gasteiger partial charge in [0.1, 0.15) is 0 Å². The van der Waals surface area contributed by atoms with Crippen LogP contribution in [0.15, 0.2) is 97.6 Å². The highest BCUT2D eigenvalue weighted by Crippen LogP contribution is 2.25. The number of carbonyl (C=O) groups excluding carboxylic acids is 4. The molecule has 6 aromatic rings. The normalized spacial score (nSPS) is 10.5. The third-order valence-electron chi connectivity index (χ3n) is 8.29. The lowest BCUT2D eigenvalue weighted by Gasteiger charge is -2.11. The van der Waals surface area contributed by atoms with Crippen molar-refractivity contribution in [3.8, 4) is 0 Å². The molecule has 0 spiro atoms. The summed E-state index contributed by atoms with van der Waals surface area (Å²) in [7, 11) is 1.25. The summed E-state index contributed by atoms with van der Waals surface area (Å²) in [6.07, 6.45) is 8.68. The van der Waals surface area contributed by atoms with Gasteiger partial charge in [0.2, 0.25) is 0 Å². The number of benzene rings is 4. The van der Waals surface area contributed by atoms with E-state index in [2.05, 4.69) is 47.5 Å². The van der Waals surface area contributed by atoms with Crippen LogP contribution in [0, 0.1) is 13.8 Å². The Morgan fingerprint density at radius 3 is 1.54 bits per heavy atom. The molecule has 3 N–H and O–H groups in total. The first kappa shape index (κ1) is 36.7. The first-order chi connectivity index (χ1) is 25.2. The number of nitrogens with one attached hydrogen (secondary N) is 3. The number of hydrogen-bond acceptors (Lipinski definition) is 9. The maximum atomic E-state index is 12.9. The average molecular weight is 698 g/mol. The number of aryl methyl sites for hydroxylation is 2. The van der Waals surface area contributed by atoms with Crippen LogP contribution in [0.3, 0.4) is 0 Å². The van der Waals surface area contributed by atoms with Crippen LogP contribution in [0.4, 0.5) is 11.6 Å². The number of anilines is 2. The second kappa shape index (κ2) is 17.4. The molecular weight excluding hydrogens is 658 g/mol. The minimum Gasteiger partial charge on any atom is -0.464 e. The number of nitrogens with zero attached hydrogens (tertiary/aromatic N) is 4. The largest absolute Gasteiger partial charge is 0.464 e. The highest BCUT2D eigenvalue weighted by atomic mass is 16.5. The fourth-order valence-electron chi connectivity index (χ4n) is 5.58. The molecular formula is C40H39N7O5. The van der Waals surface area contributed by atoms with Crippen LogP contribution in [0.2, 0.25) is 0 Å². The van der Waals surface area contributed by atoms with Crippen molar-refractivity contribution in [1.29, 1.82) is 0 Å². The number of ether oxygens (including phenoxy) is 1. The number of aromatic nitrogens is 4. The van der Waals surface area contributed by atoms with Crippen LogP contribution >= 0.6 is 0 Å². The Kier molecular flexibility index (Phi) is 12.3. The molecule has 0 aliphatic heterocycles. The van der Waals surface area contributed by atoms with Gasteiger partial charge in [0.25, 0.3) is 17.7 Å². The number of rotatable bonds is 10. The Bertz CT molecular complexity index is 2260. The molecule has 3 amide bonds. The van der Waals surface area contributed by atoms with Crippen LogP contribution in [0.1, 0.15) is 79.0 Å². The molecule has 2 heterocycles. The van der Waals surface area contributed by atoms with Crippen molar-refractivity contribution in [2.24, 2.45) is 0 Å². The Morgan fingerprint density at radius 2 is 1.04 bits per heavy atom. The lowest BCUT2D eigenvalue weighted by atomic mass is 10.00. The SMILES string of the molecule is CCCCCNC(=O)c1nccnc1NC(=O)c1ccc(C)c2ccccc12.COC(=O)c1nccnc1NC(=O)c1ccc(C)c2ccccc12. The van der Waals surface area contributed by atoms with Gasteiger partial charge in [-0.1, -0.05) is 80.4 Å². The van der Waals surface area contributed by atoms with Gasteiger partial charge < -0.3 is 20.7 Å². The third-order valence-corrected chi connectivity index (χ3v) is 8.29. The van der Waals surface area contributed by atoms with Crippen molar-refractivity contribution >= 4 is 56.9 Å². The van der Waals surface area contributed by atoms with Gasteiger partial charge in [0.15, 0.2) is 23.0 Å². The monoisotopic (exact) mass is 697 g/mol. The van der Waals surface area contributed by atoms with E-state index in [0.29, 0.717) is 17.7 Å². The molecule has 0 aliphatic rings. The number of hydrogen-bond donors (Lipinski definition) is 3. The summed E-state index contributed by atoms with van der Waals surface area (Å²) < 4.78 is 4.66. The smallest absolute Gasteiger partial charge is 0.360 e. The van der Waals surface area contributed by atoms with Crippen LogP contribution in [0.25, 0.3) is 21.5 Å². The lowest BCUT2D eigenvalue weighted by Crippen LogP contribution is -2.27. The second-order valence-corrected chi connectivity index (χ2v) is 11.8. The number of esters is 1. The molecule has 12 nitrogen and oxygen atoms in total. The fraction of sp³-hybridized carbons (Fsp3) is 0.200. The summed E-state index contributed by atoms with van der Waals surface area (Å²) >= 11 is 0. The van der Waals surface area contributed by atoms with E-state index in [1.54, 1.807) is 12.1 Å². The van der Waals surface area contributed by atoms with Gasteiger partial charge in [-0.25, -0.2) is 24.7 Å². The van der Waals surface area contributed by atoms with Gasteiger partial charge in [-0.15, -0.1) is 0 Å². The number of methoxy groups -OCH3 is 1. The predicted octanol–water partition coefficient (Wildman–Crippen LogP) is 7.09. The second-order valence-electron chi connectivity index (χ2n) is 11.8. The van der Waals surface area contributed by atoms with Gasteiger partial charge in [0.05, 0.1) is 7.11 Å². The Balaban J connectivity index is 0.000000203. The summed E-state index contributed by atoms with van der Waals surface area (Å²) in [5.41, 5.74) is 3.28. The van der Waals surface area contributed by atoms with E-state index in [-0.39, 0.29) is 40.7 Å². The first-order valence-corrected chi connectivity index (χ1v) is 16.8. The number of carbonyl (C=O) groups is 4. The van der Waals surface area contributed by atoms with Crippen molar-refractivity contribution in [3.63, 3.8) is 0 Å². The molecule has 0 fully saturated rings. The maximum Gasteiger partial charge on any atom is 0.360 e. The van der Waals surface area contributed by atoms with E-state index >= 15 is 0 Å². The highest BCUT2D eigenvalue weighted by molar-refractivity contribution is 6.15. The van der Waals surface area contributed by atoms with Crippen molar-refractivity contribution in [1.82, 2.24) is 25.3 Å². The van der Waals surface area contributed by atoms with Gasteiger partial charge in [-0.05, 0) is 65.1 Å². The molecule has 264 valence electrons. The summed E-state index contributed by atoms with van der Waals surface area (Å²) in [4.78, 5) is 65.9. The van der Waals surface area contributed by atoms with Gasteiger partial charge in [-0.2, -0.15) is 0 Å². The minimum absolute atomic E-state index is 0.0373. The summed E-state index contributed by atoms with van der Waals surface area (Å²) in [6, 6.07) is 22.7. The Hall–Kier alpha value is -6.56. The fourth-order valence-corrected chi connectivity index (χ4v) is 5.58. The molecule has 6 rings (SSSR count). The summed E-state index contributed by atoms with van der Waals surface area (Å²) in [6.45, 7) is 6.67. The topological polar surface area (TPSA) is 165 Å². The molecule has 0 radical (unpaired) electrons. The Morgan fingerprint density at radius 1 is 0.577 bits per heavy atom. The van der Waals surface area contributed by atoms with E-state index in [1.165, 1.54) is 31.9 Å². The number of fused-ring (bicyclic) bond motifs is 2. The molecule has 0 bridgehead atoms. The quantitative estimate of drug-likeness (QED) is 0.100. The summed E-state index contributed by atoms with van der Waals surface area (Å²) in [5.74, 6) is -1.46. The summed E-state index contributed by atoms with van der Waals surface area (Å²) in [5, 5.41) is 11.9. The zero-order chi connectivity index (χ0) is 37.0. The van der Waals surface area contributed by atoms with Crippen molar-refractivity contribution in [2.45, 2.75) is 40.0 Å². The predicted molar refractivity (Wildman–Crippen MR) is 201 cm³/mol. The van der Waals surface area contributed by atoms with Crippen LogP contribution in [-0.2, 0) is 4.74 Å². The van der Waals surface area contributed by atoms with E-state index in [9.17, 15) is 19.2 Å². The average Bonchev–Trinajstić information content (AvgIpc) is 3.17. The van der Waals surface area contributed by atoms with Gasteiger partial charge in [-0.3, -0.25) is 14.4 Å². The highest BCUT2D eigenvalue weighted by Gasteiger charge is 2.20. The van der Waals surface area contributed by atoms with E-state index in [4.69, 9.17) is 0 Å². The van der Waals surface area contributed by atoms with Crippen LogP contribution in [-0.4, -0.2) is 57.3 Å². The molecule has 0 atom stereocenters. The maximum absolute atomic E-state index is 12.9. The standard InChI is InChI=1S/C22H24N4O2.C18H15N3O3/c1-3-4-7-12-25-22(28)19-20(24-14-13-23-19)26-21(27)18-11-10-15(2)16-8-5-6-9-17(16)18;1-11-7-8-14(13-6-4-3-5-12(11)13)17(22)21-16-15(18(23)24-2)19-9-10-20-16/h5-6,8-11,13-14H,3-4,7,12H2,1-2H3,(H,25,28)(H,24,26,27);3-10H,1-2H3,(H,20,21,22). The molecule has 0 saturated carbocycles. The van der Waals surface area contributed by atoms with E-state index in [0.717, 1.165) is 51.9 Å². The van der Waals surface area contributed by atoms with Crippen LogP contribution in [0.5, 0.6) is 0 Å². The third kappa shape index (κ3) is 8.59. The van der Waals surface area contributed by atoms with E-state index in [1.807, 2.05) is 74.5 Å². The van der Waals surface area contributed by atoms with Crippen LogP contribution < -0.4 is 16.0 Å². The lowest BCUT2D eigenvalue weighted by molar-refractivity contribution is 0.0594. The van der Waals surface area contributed by atoms with Gasteiger partial charge >= 0.3 is 5.97 Å². The number of amides is 3. The van der Waals surface area contributed by atoms with Gasteiger partial charge in [0, 0.05) is 42.5 Å². The molecule has 2 aromatic heterocycles. The number of unbranched alkanes of at least 4 members (excludes halogenated alkanes) is 2.